The lowest BCUT2D eigenvalue weighted by Gasteiger charge is -2.03. The number of carbonyl (C=O) groups is 1. The van der Waals surface area contributed by atoms with E-state index in [-0.39, 0.29) is 12.5 Å². The van der Waals surface area contributed by atoms with Gasteiger partial charge in [-0.15, -0.1) is 11.3 Å². The van der Waals surface area contributed by atoms with Crippen LogP contribution in [0, 0.1) is 0 Å². The highest BCUT2D eigenvalue weighted by Crippen LogP contribution is 2.17. The predicted octanol–water partition coefficient (Wildman–Crippen LogP) is 3.04. The van der Waals surface area contributed by atoms with Gasteiger partial charge in [0.2, 0.25) is 5.89 Å². The molecule has 1 aromatic carbocycles. The summed E-state index contributed by atoms with van der Waals surface area (Å²) in [7, 11) is 0. The number of nitrogens with one attached hydrogen (secondary N) is 2. The first kappa shape index (κ1) is 16.2. The smallest absolute Gasteiger partial charge is 0.251 e. The van der Waals surface area contributed by atoms with Crippen LogP contribution in [-0.4, -0.2) is 26.2 Å². The first-order valence-electron chi connectivity index (χ1n) is 8.00. The Morgan fingerprint density at radius 3 is 2.81 bits per heavy atom. The Labute approximate surface area is 153 Å². The van der Waals surface area contributed by atoms with Crippen LogP contribution in [0.4, 0.5) is 0 Å². The number of amides is 1. The molecule has 0 aliphatic heterocycles. The number of aromatic amines is 1. The van der Waals surface area contributed by atoms with Crippen molar-refractivity contribution in [3.8, 4) is 11.3 Å². The summed E-state index contributed by atoms with van der Waals surface area (Å²) in [5.41, 5.74) is 2.43. The number of H-pyrrole nitrogens is 1. The lowest BCUT2D eigenvalue weighted by Crippen LogP contribution is -2.22. The first-order chi connectivity index (χ1) is 12.8. The minimum atomic E-state index is -0.195. The quantitative estimate of drug-likeness (QED) is 0.547. The molecule has 0 spiro atoms. The van der Waals surface area contributed by atoms with Gasteiger partial charge in [0.15, 0.2) is 5.82 Å². The third-order valence-corrected chi connectivity index (χ3v) is 4.66. The van der Waals surface area contributed by atoms with Gasteiger partial charge < -0.3 is 9.84 Å². The van der Waals surface area contributed by atoms with Crippen LogP contribution >= 0.6 is 11.3 Å². The molecule has 0 saturated carbocycles. The molecule has 0 unspecified atom stereocenters. The molecule has 3 aromatic heterocycles. The maximum atomic E-state index is 12.3. The normalized spacial score (nSPS) is 10.8. The molecule has 0 fully saturated rings. The van der Waals surface area contributed by atoms with Crippen molar-refractivity contribution < 1.29 is 9.32 Å². The lowest BCUT2D eigenvalue weighted by atomic mass is 10.1. The Morgan fingerprint density at radius 2 is 2.08 bits per heavy atom. The molecular formula is C18H15N5O2S. The summed E-state index contributed by atoms with van der Waals surface area (Å²) in [5.74, 6) is 0.804. The van der Waals surface area contributed by atoms with Crippen LogP contribution in [0.2, 0.25) is 0 Å². The van der Waals surface area contributed by atoms with E-state index in [4.69, 9.17) is 4.52 Å². The third-order valence-electron chi connectivity index (χ3n) is 3.78. The van der Waals surface area contributed by atoms with E-state index in [1.165, 1.54) is 4.88 Å². The topological polar surface area (TPSA) is 96.7 Å². The van der Waals surface area contributed by atoms with Crippen molar-refractivity contribution in [1.82, 2.24) is 25.7 Å². The van der Waals surface area contributed by atoms with Crippen LogP contribution < -0.4 is 5.32 Å². The number of aromatic nitrogens is 4. The lowest BCUT2D eigenvalue weighted by molar-refractivity contribution is 0.0946. The Kier molecular flexibility index (Phi) is 4.57. The first-order valence-corrected chi connectivity index (χ1v) is 8.88. The Bertz CT molecular complexity index is 975. The summed E-state index contributed by atoms with van der Waals surface area (Å²) >= 11 is 1.65. The zero-order chi connectivity index (χ0) is 17.8. The molecule has 1 amide bonds. The van der Waals surface area contributed by atoms with Crippen molar-refractivity contribution in [2.75, 3.05) is 0 Å². The van der Waals surface area contributed by atoms with Crippen LogP contribution in [0.25, 0.3) is 11.3 Å². The maximum Gasteiger partial charge on any atom is 0.251 e. The van der Waals surface area contributed by atoms with E-state index in [1.54, 1.807) is 29.7 Å². The van der Waals surface area contributed by atoms with Crippen molar-refractivity contribution in [2.24, 2.45) is 0 Å². The van der Waals surface area contributed by atoms with E-state index < -0.39 is 0 Å². The molecule has 0 bridgehead atoms. The van der Waals surface area contributed by atoms with Gasteiger partial charge in [-0.2, -0.15) is 10.1 Å². The van der Waals surface area contributed by atoms with E-state index in [0.29, 0.717) is 23.7 Å². The molecule has 26 heavy (non-hydrogen) atoms. The average Bonchev–Trinajstić information content (AvgIpc) is 3.43. The van der Waals surface area contributed by atoms with Gasteiger partial charge in [0.1, 0.15) is 0 Å². The molecule has 4 aromatic rings. The fourth-order valence-corrected chi connectivity index (χ4v) is 3.18. The van der Waals surface area contributed by atoms with Gasteiger partial charge in [0.25, 0.3) is 5.91 Å². The summed E-state index contributed by atoms with van der Waals surface area (Å²) in [6, 6.07) is 13.2. The van der Waals surface area contributed by atoms with E-state index in [0.717, 1.165) is 11.3 Å². The molecule has 0 saturated heterocycles. The van der Waals surface area contributed by atoms with Crippen LogP contribution in [0.3, 0.4) is 0 Å². The van der Waals surface area contributed by atoms with Crippen molar-refractivity contribution in [1.29, 1.82) is 0 Å². The van der Waals surface area contributed by atoms with Gasteiger partial charge >= 0.3 is 0 Å². The minimum absolute atomic E-state index is 0.193. The largest absolute Gasteiger partial charge is 0.343 e. The summed E-state index contributed by atoms with van der Waals surface area (Å²) < 4.78 is 5.19. The highest BCUT2D eigenvalue weighted by Gasteiger charge is 2.11. The molecule has 0 aliphatic carbocycles. The highest BCUT2D eigenvalue weighted by atomic mass is 32.1. The summed E-state index contributed by atoms with van der Waals surface area (Å²) in [4.78, 5) is 17.7. The Hall–Kier alpha value is -3.26. The van der Waals surface area contributed by atoms with Crippen LogP contribution in [0.15, 0.2) is 58.6 Å². The third kappa shape index (κ3) is 3.70. The van der Waals surface area contributed by atoms with E-state index in [2.05, 4.69) is 25.7 Å². The van der Waals surface area contributed by atoms with Crippen molar-refractivity contribution in [3.05, 3.63) is 76.2 Å². The second-order valence-corrected chi connectivity index (χ2v) is 6.62. The van der Waals surface area contributed by atoms with E-state index in [9.17, 15) is 4.79 Å². The zero-order valence-electron chi connectivity index (χ0n) is 13.7. The van der Waals surface area contributed by atoms with Gasteiger partial charge in [-0.05, 0) is 35.2 Å². The van der Waals surface area contributed by atoms with Gasteiger partial charge in [-0.3, -0.25) is 9.89 Å². The Morgan fingerprint density at radius 1 is 1.19 bits per heavy atom. The van der Waals surface area contributed by atoms with Crippen LogP contribution in [-0.2, 0) is 13.0 Å². The number of hydrogen-bond acceptors (Lipinski definition) is 6. The van der Waals surface area contributed by atoms with Crippen molar-refractivity contribution in [2.45, 2.75) is 13.0 Å². The molecule has 4 rings (SSSR count). The monoisotopic (exact) mass is 365 g/mol. The standard InChI is InChI=1S/C18H15N5O2S/c24-18(13-5-3-12(4-6-13)15-7-8-20-22-15)19-11-17-21-16(23-25-17)10-14-2-1-9-26-14/h1-9H,10-11H2,(H,19,24)(H,20,22). The molecule has 2 N–H and O–H groups in total. The minimum Gasteiger partial charge on any atom is -0.343 e. The van der Waals surface area contributed by atoms with Gasteiger partial charge in [0, 0.05) is 23.1 Å². The number of rotatable bonds is 6. The van der Waals surface area contributed by atoms with Gasteiger partial charge in [-0.25, -0.2) is 0 Å². The molecule has 0 aliphatic rings. The average molecular weight is 365 g/mol. The molecular weight excluding hydrogens is 350 g/mol. The maximum absolute atomic E-state index is 12.3. The van der Waals surface area contributed by atoms with Crippen molar-refractivity contribution in [3.63, 3.8) is 0 Å². The summed E-state index contributed by atoms with van der Waals surface area (Å²) in [5, 5.41) is 15.5. The molecule has 3 heterocycles. The van der Waals surface area contributed by atoms with Crippen LogP contribution in [0.1, 0.15) is 27.0 Å². The summed E-state index contributed by atoms with van der Waals surface area (Å²) in [6.07, 6.45) is 2.32. The number of hydrogen-bond donors (Lipinski definition) is 2. The highest BCUT2D eigenvalue weighted by molar-refractivity contribution is 7.09. The van der Waals surface area contributed by atoms with E-state index in [1.807, 2.05) is 35.7 Å². The second-order valence-electron chi connectivity index (χ2n) is 5.59. The van der Waals surface area contributed by atoms with Gasteiger partial charge in [-0.1, -0.05) is 23.4 Å². The summed E-state index contributed by atoms with van der Waals surface area (Å²) in [6.45, 7) is 0.193. The molecule has 130 valence electrons. The second kappa shape index (κ2) is 7.32. The SMILES string of the molecule is O=C(NCc1nc(Cc2cccs2)no1)c1ccc(-c2ccn[nH]2)cc1. The molecule has 8 heteroatoms. The fraction of sp³-hybridized carbons (Fsp3) is 0.111. The van der Waals surface area contributed by atoms with Gasteiger partial charge in [0.05, 0.1) is 12.2 Å². The fourth-order valence-electron chi connectivity index (χ4n) is 2.48. The van der Waals surface area contributed by atoms with Crippen molar-refractivity contribution >= 4 is 17.2 Å². The van der Waals surface area contributed by atoms with E-state index >= 15 is 0 Å². The number of benzene rings is 1. The zero-order valence-corrected chi connectivity index (χ0v) is 14.5. The number of nitrogens with zero attached hydrogens (tertiary/aromatic N) is 3. The molecule has 7 nitrogen and oxygen atoms in total. The molecule has 0 radical (unpaired) electrons. The number of thiophene rings is 1. The van der Waals surface area contributed by atoms with Crippen LogP contribution in [0.5, 0.6) is 0 Å². The number of carbonyl (C=O) groups excluding carboxylic acids is 1. The Balaban J connectivity index is 1.34. The molecule has 0 atom stereocenters. The predicted molar refractivity (Wildman–Crippen MR) is 96.6 cm³/mol.